The van der Waals surface area contributed by atoms with Gasteiger partial charge in [0.2, 0.25) is 0 Å². The van der Waals surface area contributed by atoms with E-state index in [0.717, 1.165) is 24.0 Å². The fourth-order valence-electron chi connectivity index (χ4n) is 4.06. The summed E-state index contributed by atoms with van der Waals surface area (Å²) in [6.45, 7) is 2.88. The zero-order valence-corrected chi connectivity index (χ0v) is 20.0. The number of aryl methyl sites for hydroxylation is 1. The second kappa shape index (κ2) is 9.69. The molecule has 178 valence electrons. The van der Waals surface area contributed by atoms with Crippen molar-refractivity contribution in [3.63, 3.8) is 0 Å². The number of carbonyl (C=O) groups excluding carboxylic acids is 1. The van der Waals surface area contributed by atoms with Gasteiger partial charge >= 0.3 is 0 Å². The highest BCUT2D eigenvalue weighted by Crippen LogP contribution is 2.31. The first-order chi connectivity index (χ1) is 16.1. The van der Waals surface area contributed by atoms with Gasteiger partial charge in [-0.1, -0.05) is 29.8 Å². The summed E-state index contributed by atoms with van der Waals surface area (Å²) in [5.41, 5.74) is 3.04. The molecule has 0 saturated carbocycles. The van der Waals surface area contributed by atoms with Crippen molar-refractivity contribution >= 4 is 38.9 Å². The number of benzene rings is 2. The molecule has 2 aromatic carbocycles. The van der Waals surface area contributed by atoms with E-state index in [2.05, 4.69) is 10.3 Å². The number of nitrogens with two attached hydrogens (primary N) is 1. The Balaban J connectivity index is 1.59. The third-order valence-corrected chi connectivity index (χ3v) is 7.03. The molecule has 1 aliphatic rings. The molecule has 2 heterocycles. The quantitative estimate of drug-likeness (QED) is 0.530. The van der Waals surface area contributed by atoms with E-state index in [4.69, 9.17) is 16.7 Å². The van der Waals surface area contributed by atoms with Gasteiger partial charge in [-0.05, 0) is 61.1 Å². The van der Waals surface area contributed by atoms with Crippen molar-refractivity contribution in [3.8, 4) is 0 Å². The maximum absolute atomic E-state index is 13.4. The highest BCUT2D eigenvalue weighted by molar-refractivity contribution is 7.89. The van der Waals surface area contributed by atoms with E-state index in [-0.39, 0.29) is 33.9 Å². The van der Waals surface area contributed by atoms with Crippen molar-refractivity contribution in [1.82, 2.24) is 9.88 Å². The van der Waals surface area contributed by atoms with Crippen LogP contribution >= 0.6 is 11.6 Å². The van der Waals surface area contributed by atoms with Crippen LogP contribution in [0.3, 0.4) is 0 Å². The Morgan fingerprint density at radius 1 is 1.12 bits per heavy atom. The molecule has 4 rings (SSSR count). The van der Waals surface area contributed by atoms with Crippen molar-refractivity contribution in [3.05, 3.63) is 82.3 Å². The number of piperidine rings is 1. The molecule has 34 heavy (non-hydrogen) atoms. The number of nitrogens with zero attached hydrogens (tertiary/aromatic N) is 2. The first-order valence-electron chi connectivity index (χ1n) is 10.7. The van der Waals surface area contributed by atoms with Gasteiger partial charge in [-0.2, -0.15) is 0 Å². The van der Waals surface area contributed by atoms with Gasteiger partial charge in [-0.3, -0.25) is 4.79 Å². The highest BCUT2D eigenvalue weighted by Gasteiger charge is 2.27. The third-order valence-electron chi connectivity index (χ3n) is 5.99. The lowest BCUT2D eigenvalue weighted by atomic mass is 9.89. The van der Waals surface area contributed by atoms with Crippen LogP contribution in [0.1, 0.15) is 40.2 Å². The lowest BCUT2D eigenvalue weighted by Gasteiger charge is -2.32. The number of nitrogens with one attached hydrogen (secondary N) is 1. The molecular weight excluding hydrogens is 479 g/mol. The van der Waals surface area contributed by atoms with Gasteiger partial charge in [0.05, 0.1) is 11.3 Å². The molecular formula is C24H24ClFN4O3S. The average Bonchev–Trinajstić information content (AvgIpc) is 2.81. The highest BCUT2D eigenvalue weighted by atomic mass is 35.5. The van der Waals surface area contributed by atoms with E-state index in [1.54, 1.807) is 29.2 Å². The topological polar surface area (TPSA) is 105 Å². The minimum Gasteiger partial charge on any atom is -0.354 e. The number of anilines is 2. The number of pyridine rings is 1. The van der Waals surface area contributed by atoms with Gasteiger partial charge in [0, 0.05) is 36.1 Å². The third kappa shape index (κ3) is 5.38. The Morgan fingerprint density at radius 2 is 1.79 bits per heavy atom. The normalized spacial score (nSPS) is 14.8. The van der Waals surface area contributed by atoms with E-state index in [1.165, 1.54) is 24.4 Å². The van der Waals surface area contributed by atoms with Crippen molar-refractivity contribution in [2.24, 2.45) is 5.14 Å². The Kier molecular flexibility index (Phi) is 6.88. The van der Waals surface area contributed by atoms with Crippen molar-refractivity contribution in [2.75, 3.05) is 18.4 Å². The number of sulfonamides is 1. The molecule has 3 N–H and O–H groups in total. The molecule has 0 spiro atoms. The van der Waals surface area contributed by atoms with Crippen molar-refractivity contribution < 1.29 is 17.6 Å². The molecule has 10 heteroatoms. The fourth-order valence-corrected chi connectivity index (χ4v) is 4.71. The summed E-state index contributed by atoms with van der Waals surface area (Å²) in [6, 6.07) is 13.0. The molecule has 1 aromatic heterocycles. The Hall–Kier alpha value is -3.01. The smallest absolute Gasteiger partial charge is 0.257 e. The fraction of sp³-hybridized carbons (Fsp3) is 0.250. The largest absolute Gasteiger partial charge is 0.354 e. The molecule has 0 bridgehead atoms. The Labute approximate surface area is 202 Å². The number of likely N-dealkylation sites (tertiary alicyclic amines) is 1. The zero-order chi connectivity index (χ0) is 24.5. The summed E-state index contributed by atoms with van der Waals surface area (Å²) in [5.74, 6) is -0.311. The lowest BCUT2D eigenvalue weighted by Crippen LogP contribution is -2.38. The summed E-state index contributed by atoms with van der Waals surface area (Å²) in [6.07, 6.45) is 2.70. The van der Waals surface area contributed by atoms with Crippen LogP contribution in [0.15, 0.2) is 59.8 Å². The number of rotatable bonds is 5. The summed E-state index contributed by atoms with van der Waals surface area (Å²) in [4.78, 5) is 19.0. The second-order valence-electron chi connectivity index (χ2n) is 8.32. The molecule has 0 atom stereocenters. The second-order valence-corrected chi connectivity index (χ2v) is 10.3. The Morgan fingerprint density at radius 3 is 2.44 bits per heavy atom. The van der Waals surface area contributed by atoms with Crippen molar-refractivity contribution in [1.29, 1.82) is 0 Å². The van der Waals surface area contributed by atoms with E-state index in [9.17, 15) is 17.6 Å². The summed E-state index contributed by atoms with van der Waals surface area (Å²) >= 11 is 6.12. The summed E-state index contributed by atoms with van der Waals surface area (Å²) in [7, 11) is -4.07. The average molecular weight is 503 g/mol. The number of primary sulfonamides is 1. The van der Waals surface area contributed by atoms with Crippen molar-refractivity contribution in [2.45, 2.75) is 30.7 Å². The molecule has 7 nitrogen and oxygen atoms in total. The first kappa shape index (κ1) is 24.1. The molecule has 0 radical (unpaired) electrons. The van der Waals surface area contributed by atoms with Crippen LogP contribution in [0.2, 0.25) is 5.02 Å². The number of halogens is 2. The predicted octanol–water partition coefficient (Wildman–Crippen LogP) is 4.59. The van der Waals surface area contributed by atoms with Crippen LogP contribution in [0.25, 0.3) is 0 Å². The number of carbonyl (C=O) groups is 1. The molecule has 1 fully saturated rings. The van der Waals surface area contributed by atoms with Crippen LogP contribution in [0.5, 0.6) is 0 Å². The maximum Gasteiger partial charge on any atom is 0.257 e. The zero-order valence-electron chi connectivity index (χ0n) is 18.5. The van der Waals surface area contributed by atoms with Gasteiger partial charge in [0.15, 0.2) is 5.03 Å². The standard InChI is InChI=1S/C24H24ClFN4O3S/c1-15-2-5-18(25)12-21(15)29-22-13-23(34(27,32)33)28-14-20(22)24(31)30-10-8-17(9-11-30)16-3-6-19(26)7-4-16/h2-7,12-14,17H,8-11H2,1H3,(H,28,29)(H2,27,32,33). The minimum atomic E-state index is -4.07. The molecule has 1 saturated heterocycles. The van der Waals surface area contributed by atoms with Crippen LogP contribution in [-0.4, -0.2) is 37.3 Å². The van der Waals surface area contributed by atoms with Gasteiger partial charge in [-0.15, -0.1) is 0 Å². The molecule has 3 aromatic rings. The SMILES string of the molecule is Cc1ccc(Cl)cc1Nc1cc(S(N)(=O)=O)ncc1C(=O)N1CCC(c2ccc(F)cc2)CC1. The molecule has 0 unspecified atom stereocenters. The Bertz CT molecular complexity index is 1320. The molecule has 0 aliphatic carbocycles. The predicted molar refractivity (Wildman–Crippen MR) is 129 cm³/mol. The maximum atomic E-state index is 13.4. The van der Waals surface area contributed by atoms with E-state index in [0.29, 0.717) is 23.8 Å². The lowest BCUT2D eigenvalue weighted by molar-refractivity contribution is 0.0713. The number of aromatic nitrogens is 1. The van der Waals surface area contributed by atoms with Crippen LogP contribution < -0.4 is 10.5 Å². The minimum absolute atomic E-state index is 0.229. The van der Waals surface area contributed by atoms with Gasteiger partial charge in [0.1, 0.15) is 5.82 Å². The molecule has 1 amide bonds. The summed E-state index contributed by atoms with van der Waals surface area (Å²) in [5, 5.41) is 8.53. The van der Waals surface area contributed by atoms with Gasteiger partial charge in [-0.25, -0.2) is 22.9 Å². The van der Waals surface area contributed by atoms with E-state index in [1.807, 2.05) is 13.0 Å². The monoisotopic (exact) mass is 502 g/mol. The number of hydrogen-bond donors (Lipinski definition) is 2. The molecule has 1 aliphatic heterocycles. The van der Waals surface area contributed by atoms with Crippen LogP contribution in [0, 0.1) is 12.7 Å². The summed E-state index contributed by atoms with van der Waals surface area (Å²) < 4.78 is 37.0. The van der Waals surface area contributed by atoms with E-state index >= 15 is 0 Å². The number of hydrogen-bond acceptors (Lipinski definition) is 5. The van der Waals surface area contributed by atoms with Gasteiger partial charge < -0.3 is 10.2 Å². The van der Waals surface area contributed by atoms with E-state index < -0.39 is 10.0 Å². The number of amides is 1. The first-order valence-corrected chi connectivity index (χ1v) is 12.6. The van der Waals surface area contributed by atoms with Crippen LogP contribution in [0.4, 0.5) is 15.8 Å². The van der Waals surface area contributed by atoms with Crippen LogP contribution in [-0.2, 0) is 10.0 Å². The van der Waals surface area contributed by atoms with Gasteiger partial charge in [0.25, 0.3) is 15.9 Å².